The average Bonchev–Trinajstić information content (AvgIpc) is 2.89. The van der Waals surface area contributed by atoms with E-state index in [9.17, 15) is 0 Å². The molecule has 0 spiro atoms. The van der Waals surface area contributed by atoms with E-state index in [-0.39, 0.29) is 37.7 Å². The first-order valence-corrected chi connectivity index (χ1v) is 10.0. The summed E-state index contributed by atoms with van der Waals surface area (Å²) in [5.74, 6) is 0. The second-order valence-electron chi connectivity index (χ2n) is 8.27. The number of aromatic nitrogens is 2. The first kappa shape index (κ1) is 24.4. The summed E-state index contributed by atoms with van der Waals surface area (Å²) in [5, 5.41) is 17.1. The van der Waals surface area contributed by atoms with Gasteiger partial charge in [-0.15, -0.1) is 29.3 Å². The van der Waals surface area contributed by atoms with E-state index in [0.717, 1.165) is 17.0 Å². The van der Waals surface area contributed by atoms with E-state index in [0.29, 0.717) is 6.42 Å². The predicted molar refractivity (Wildman–Crippen MR) is 117 cm³/mol. The molecule has 161 valence electrons. The van der Waals surface area contributed by atoms with Gasteiger partial charge >= 0.3 is 0 Å². The van der Waals surface area contributed by atoms with Gasteiger partial charge in [0.15, 0.2) is 0 Å². The van der Waals surface area contributed by atoms with Gasteiger partial charge in [-0.2, -0.15) is 0 Å². The Morgan fingerprint density at radius 1 is 0.967 bits per heavy atom. The Morgan fingerprint density at radius 2 is 1.60 bits per heavy atom. The van der Waals surface area contributed by atoms with Gasteiger partial charge in [-0.05, 0) is 38.2 Å². The Balaban J connectivity index is 0.000000350. The quantitative estimate of drug-likeness (QED) is 0.441. The van der Waals surface area contributed by atoms with Gasteiger partial charge in [0.1, 0.15) is 0 Å². The van der Waals surface area contributed by atoms with E-state index < -0.39 is 0 Å². The van der Waals surface area contributed by atoms with Crippen molar-refractivity contribution in [3.05, 3.63) is 71.7 Å². The molecular formula is C25H29IrN2O2-. The molecule has 2 unspecified atom stereocenters. The summed E-state index contributed by atoms with van der Waals surface area (Å²) in [6.45, 7) is 9.87. The molecule has 0 bridgehead atoms. The van der Waals surface area contributed by atoms with Crippen LogP contribution >= 0.6 is 0 Å². The van der Waals surface area contributed by atoms with Crippen molar-refractivity contribution in [1.82, 2.24) is 9.97 Å². The van der Waals surface area contributed by atoms with Gasteiger partial charge in [-0.25, -0.2) is 0 Å². The van der Waals surface area contributed by atoms with Crippen LogP contribution in [0.2, 0.25) is 0 Å². The number of nitrogens with zero attached hydrogens (tertiary/aromatic N) is 2. The van der Waals surface area contributed by atoms with Crippen molar-refractivity contribution >= 4 is 0 Å². The molecular weight excluding hydrogens is 553 g/mol. The van der Waals surface area contributed by atoms with Crippen molar-refractivity contribution in [2.75, 3.05) is 0 Å². The van der Waals surface area contributed by atoms with E-state index in [1.54, 1.807) is 26.2 Å². The van der Waals surface area contributed by atoms with Gasteiger partial charge in [0.25, 0.3) is 0 Å². The van der Waals surface area contributed by atoms with Crippen molar-refractivity contribution in [3.8, 4) is 22.4 Å². The third kappa shape index (κ3) is 5.04. The summed E-state index contributed by atoms with van der Waals surface area (Å²) in [5.41, 5.74) is 8.20. The topological polar surface area (TPSA) is 66.2 Å². The fraction of sp³-hybridized carbons (Fsp3) is 0.360. The van der Waals surface area contributed by atoms with E-state index in [1.165, 1.54) is 22.3 Å². The summed E-state index contributed by atoms with van der Waals surface area (Å²) in [6, 6.07) is 16.4. The molecule has 1 radical (unpaired) electrons. The molecule has 0 saturated heterocycles. The molecule has 0 aliphatic heterocycles. The van der Waals surface area contributed by atoms with Crippen LogP contribution in [0.25, 0.3) is 22.4 Å². The van der Waals surface area contributed by atoms with E-state index >= 15 is 0 Å². The number of hydrogen-bond donors (Lipinski definition) is 2. The smallest absolute Gasteiger partial charge is 0.0536 e. The normalized spacial score (nSPS) is 15.0. The molecule has 0 saturated carbocycles. The molecule has 2 N–H and O–H groups in total. The number of fused-ring (bicyclic) bond motifs is 3. The average molecular weight is 582 g/mol. The molecule has 1 aliphatic carbocycles. The first-order valence-electron chi connectivity index (χ1n) is 10.0. The Labute approximate surface area is 192 Å². The molecule has 0 amide bonds. The number of aliphatic hydroxyl groups excluding tert-OH is 2. The maximum absolute atomic E-state index is 8.56. The SMILES string of the molecule is CC(O)CC(C)O.Cc1nccnc1-c1[c-]cc2c(c1)C(C)(C)c1ccccc1-2.[Ir]. The minimum absolute atomic E-state index is 0. The minimum Gasteiger partial charge on any atom is -0.393 e. The minimum atomic E-state index is -0.375. The molecule has 1 aliphatic rings. The van der Waals surface area contributed by atoms with Gasteiger partial charge in [-0.3, -0.25) is 4.98 Å². The summed E-state index contributed by atoms with van der Waals surface area (Å²) in [7, 11) is 0. The van der Waals surface area contributed by atoms with Crippen LogP contribution in [-0.4, -0.2) is 32.4 Å². The third-order valence-electron chi connectivity index (χ3n) is 5.33. The number of rotatable bonds is 3. The Hall–Kier alpha value is -1.91. The van der Waals surface area contributed by atoms with Gasteiger partial charge in [0.2, 0.25) is 0 Å². The van der Waals surface area contributed by atoms with Crippen LogP contribution in [0.5, 0.6) is 0 Å². The maximum atomic E-state index is 8.56. The molecule has 1 heterocycles. The predicted octanol–water partition coefficient (Wildman–Crippen LogP) is 4.69. The second kappa shape index (κ2) is 9.93. The van der Waals surface area contributed by atoms with Crippen LogP contribution in [0.15, 0.2) is 48.8 Å². The summed E-state index contributed by atoms with van der Waals surface area (Å²) < 4.78 is 0. The number of aryl methyl sites for hydroxylation is 1. The Morgan fingerprint density at radius 3 is 2.20 bits per heavy atom. The zero-order valence-corrected chi connectivity index (χ0v) is 20.5. The second-order valence-corrected chi connectivity index (χ2v) is 8.27. The summed E-state index contributed by atoms with van der Waals surface area (Å²) >= 11 is 0. The van der Waals surface area contributed by atoms with Crippen LogP contribution < -0.4 is 0 Å². The molecule has 0 fully saturated rings. The zero-order valence-electron chi connectivity index (χ0n) is 18.1. The van der Waals surface area contributed by atoms with Crippen LogP contribution in [0, 0.1) is 13.0 Å². The van der Waals surface area contributed by atoms with Crippen molar-refractivity contribution in [3.63, 3.8) is 0 Å². The van der Waals surface area contributed by atoms with Crippen LogP contribution in [0.3, 0.4) is 0 Å². The van der Waals surface area contributed by atoms with Crippen LogP contribution in [-0.2, 0) is 25.5 Å². The summed E-state index contributed by atoms with van der Waals surface area (Å²) in [6.07, 6.45) is 3.19. The van der Waals surface area contributed by atoms with E-state index in [4.69, 9.17) is 10.2 Å². The third-order valence-corrected chi connectivity index (χ3v) is 5.33. The first-order chi connectivity index (χ1) is 13.7. The van der Waals surface area contributed by atoms with E-state index in [2.05, 4.69) is 66.3 Å². The van der Waals surface area contributed by atoms with Gasteiger partial charge in [0, 0.05) is 43.9 Å². The van der Waals surface area contributed by atoms with Crippen LogP contribution in [0.4, 0.5) is 0 Å². The van der Waals surface area contributed by atoms with Gasteiger partial charge in [0.05, 0.1) is 12.2 Å². The van der Waals surface area contributed by atoms with Gasteiger partial charge < -0.3 is 15.2 Å². The fourth-order valence-corrected chi connectivity index (χ4v) is 3.94. The standard InChI is InChI=1S/C20H17N2.C5H12O2.Ir/c1-13-19(22-11-10-21-13)14-8-9-16-15-6-4-5-7-17(15)20(2,3)18(16)12-14;1-4(6)3-5(2)7;/h4-7,9-12H,1-3H3;4-7H,3H2,1-2H3;/q-1;;. The van der Waals surface area contributed by atoms with Crippen molar-refractivity contribution < 1.29 is 30.3 Å². The van der Waals surface area contributed by atoms with Gasteiger partial charge in [-0.1, -0.05) is 49.2 Å². The molecule has 4 nitrogen and oxygen atoms in total. The molecule has 5 heteroatoms. The summed E-state index contributed by atoms with van der Waals surface area (Å²) in [4.78, 5) is 8.82. The van der Waals surface area contributed by atoms with Crippen LogP contribution in [0.1, 0.15) is 50.9 Å². The zero-order chi connectivity index (χ0) is 21.2. The fourth-order valence-electron chi connectivity index (χ4n) is 3.94. The van der Waals surface area contributed by atoms with Crippen molar-refractivity contribution in [1.29, 1.82) is 0 Å². The molecule has 30 heavy (non-hydrogen) atoms. The Bertz CT molecular complexity index is 994. The molecule has 1 aromatic heterocycles. The van der Waals surface area contributed by atoms with Crippen molar-refractivity contribution in [2.45, 2.75) is 58.7 Å². The number of aliphatic hydroxyl groups is 2. The van der Waals surface area contributed by atoms with E-state index in [1.807, 2.05) is 6.92 Å². The maximum Gasteiger partial charge on any atom is 0.0536 e. The van der Waals surface area contributed by atoms with Crippen molar-refractivity contribution in [2.24, 2.45) is 0 Å². The molecule has 3 aromatic rings. The monoisotopic (exact) mass is 582 g/mol. The molecule has 4 rings (SSSR count). The molecule has 2 aromatic carbocycles. The number of hydrogen-bond acceptors (Lipinski definition) is 4. The largest absolute Gasteiger partial charge is 0.393 e. The number of benzene rings is 2. The Kier molecular flexibility index (Phi) is 8.06. The molecule has 2 atom stereocenters.